The summed E-state index contributed by atoms with van der Waals surface area (Å²) in [7, 11) is 2.25. The van der Waals surface area contributed by atoms with Gasteiger partial charge in [-0.05, 0) is 40.3 Å². The van der Waals surface area contributed by atoms with Crippen LogP contribution in [0.3, 0.4) is 0 Å². The van der Waals surface area contributed by atoms with Crippen molar-refractivity contribution in [2.24, 2.45) is 0 Å². The van der Waals surface area contributed by atoms with E-state index < -0.39 is 0 Å². The van der Waals surface area contributed by atoms with E-state index in [2.05, 4.69) is 30.7 Å². The monoisotopic (exact) mass is 212 g/mol. The normalized spacial score (nSPS) is 39.8. The zero-order valence-electron chi connectivity index (χ0n) is 10.3. The Morgan fingerprint density at radius 1 is 1.20 bits per heavy atom. The second-order valence-corrected chi connectivity index (χ2v) is 5.25. The third-order valence-electron chi connectivity index (χ3n) is 3.64. The van der Waals surface area contributed by atoms with Crippen LogP contribution >= 0.6 is 0 Å². The summed E-state index contributed by atoms with van der Waals surface area (Å²) >= 11 is 0. The minimum atomic E-state index is 0.403. The lowest BCUT2D eigenvalue weighted by Crippen LogP contribution is -2.49. The lowest BCUT2D eigenvalue weighted by atomic mass is 10.1. The Labute approximate surface area is 93.4 Å². The molecule has 0 aromatic carbocycles. The van der Waals surface area contributed by atoms with Crippen LogP contribution in [-0.2, 0) is 4.74 Å². The van der Waals surface area contributed by atoms with Gasteiger partial charge in [-0.25, -0.2) is 0 Å². The van der Waals surface area contributed by atoms with Crippen LogP contribution in [0.15, 0.2) is 0 Å². The Bertz CT molecular complexity index is 200. The molecule has 0 amide bonds. The molecule has 3 unspecified atom stereocenters. The van der Waals surface area contributed by atoms with Gasteiger partial charge in [-0.3, -0.25) is 4.90 Å². The maximum absolute atomic E-state index is 5.75. The van der Waals surface area contributed by atoms with Crippen molar-refractivity contribution in [3.63, 3.8) is 0 Å². The van der Waals surface area contributed by atoms with Crippen molar-refractivity contribution in [2.75, 3.05) is 33.2 Å². The molecule has 0 bridgehead atoms. The molecule has 0 aromatic rings. The van der Waals surface area contributed by atoms with Crippen molar-refractivity contribution in [2.45, 2.75) is 44.9 Å². The molecule has 3 heteroatoms. The Kier molecular flexibility index (Phi) is 3.65. The highest BCUT2D eigenvalue weighted by atomic mass is 16.5. The van der Waals surface area contributed by atoms with Gasteiger partial charge in [-0.15, -0.1) is 0 Å². The summed E-state index contributed by atoms with van der Waals surface area (Å²) in [6.45, 7) is 9.08. The molecule has 2 aliphatic rings. The Morgan fingerprint density at radius 3 is 2.40 bits per heavy atom. The van der Waals surface area contributed by atoms with Gasteiger partial charge < -0.3 is 9.64 Å². The van der Waals surface area contributed by atoms with Crippen LogP contribution in [0.1, 0.15) is 26.7 Å². The average molecular weight is 212 g/mol. The van der Waals surface area contributed by atoms with E-state index in [9.17, 15) is 0 Å². The summed E-state index contributed by atoms with van der Waals surface area (Å²) in [4.78, 5) is 5.08. The smallest absolute Gasteiger partial charge is 0.0678 e. The minimum Gasteiger partial charge on any atom is -0.373 e. The molecule has 0 aromatic heterocycles. The molecule has 0 saturated carbocycles. The molecule has 3 atom stereocenters. The first kappa shape index (κ1) is 11.4. The van der Waals surface area contributed by atoms with Crippen LogP contribution in [-0.4, -0.2) is 61.3 Å². The van der Waals surface area contributed by atoms with Crippen molar-refractivity contribution >= 4 is 0 Å². The van der Waals surface area contributed by atoms with Crippen LogP contribution in [0.4, 0.5) is 0 Å². The number of likely N-dealkylation sites (tertiary alicyclic amines) is 1. The molecule has 15 heavy (non-hydrogen) atoms. The van der Waals surface area contributed by atoms with Crippen LogP contribution in [0.2, 0.25) is 0 Å². The largest absolute Gasteiger partial charge is 0.373 e. The summed E-state index contributed by atoms with van der Waals surface area (Å²) in [6.07, 6.45) is 3.55. The number of rotatable bonds is 2. The maximum atomic E-state index is 5.75. The SMILES string of the molecule is CC1CN(CC2CCCN2C)CC(C)O1. The van der Waals surface area contributed by atoms with E-state index in [1.807, 2.05) is 0 Å². The number of ether oxygens (including phenoxy) is 1. The van der Waals surface area contributed by atoms with Gasteiger partial charge in [0.05, 0.1) is 12.2 Å². The van der Waals surface area contributed by atoms with Crippen molar-refractivity contribution in [1.29, 1.82) is 0 Å². The molecule has 0 aliphatic carbocycles. The fraction of sp³-hybridized carbons (Fsp3) is 1.00. The number of hydrogen-bond acceptors (Lipinski definition) is 3. The van der Waals surface area contributed by atoms with Gasteiger partial charge in [-0.1, -0.05) is 0 Å². The van der Waals surface area contributed by atoms with Crippen LogP contribution in [0, 0.1) is 0 Å². The Hall–Kier alpha value is -0.120. The highest BCUT2D eigenvalue weighted by Crippen LogP contribution is 2.18. The van der Waals surface area contributed by atoms with E-state index >= 15 is 0 Å². The fourth-order valence-corrected chi connectivity index (χ4v) is 2.94. The Balaban J connectivity index is 1.83. The van der Waals surface area contributed by atoms with Gasteiger partial charge in [0.25, 0.3) is 0 Å². The number of hydrogen-bond donors (Lipinski definition) is 0. The molecule has 2 saturated heterocycles. The predicted octanol–water partition coefficient (Wildman–Crippen LogP) is 1.19. The second-order valence-electron chi connectivity index (χ2n) is 5.25. The zero-order valence-corrected chi connectivity index (χ0v) is 10.3. The van der Waals surface area contributed by atoms with E-state index in [1.165, 1.54) is 25.9 Å². The van der Waals surface area contributed by atoms with Crippen LogP contribution in [0.25, 0.3) is 0 Å². The highest BCUT2D eigenvalue weighted by Gasteiger charge is 2.27. The van der Waals surface area contributed by atoms with Crippen molar-refractivity contribution < 1.29 is 4.74 Å². The molecular formula is C12H24N2O. The molecule has 2 aliphatic heterocycles. The number of morpholine rings is 1. The van der Waals surface area contributed by atoms with Gasteiger partial charge in [-0.2, -0.15) is 0 Å². The summed E-state index contributed by atoms with van der Waals surface area (Å²) in [5.41, 5.74) is 0. The topological polar surface area (TPSA) is 15.7 Å². The minimum absolute atomic E-state index is 0.403. The van der Waals surface area contributed by atoms with Crippen molar-refractivity contribution in [3.05, 3.63) is 0 Å². The lowest BCUT2D eigenvalue weighted by Gasteiger charge is -2.37. The molecule has 2 rings (SSSR count). The van der Waals surface area contributed by atoms with Gasteiger partial charge >= 0.3 is 0 Å². The molecule has 2 fully saturated rings. The first-order valence-electron chi connectivity index (χ1n) is 6.23. The Morgan fingerprint density at radius 2 is 1.87 bits per heavy atom. The highest BCUT2D eigenvalue weighted by molar-refractivity contribution is 4.82. The zero-order chi connectivity index (χ0) is 10.8. The van der Waals surface area contributed by atoms with E-state index in [0.717, 1.165) is 19.1 Å². The summed E-state index contributed by atoms with van der Waals surface area (Å²) in [6, 6.07) is 0.780. The molecule has 3 nitrogen and oxygen atoms in total. The van der Waals surface area contributed by atoms with Crippen molar-refractivity contribution in [1.82, 2.24) is 9.80 Å². The van der Waals surface area contributed by atoms with Gasteiger partial charge in [0.2, 0.25) is 0 Å². The quantitative estimate of drug-likeness (QED) is 0.684. The van der Waals surface area contributed by atoms with E-state index in [4.69, 9.17) is 4.74 Å². The molecule has 0 spiro atoms. The van der Waals surface area contributed by atoms with Gasteiger partial charge in [0.1, 0.15) is 0 Å². The summed E-state index contributed by atoms with van der Waals surface area (Å²) < 4.78 is 5.75. The number of likely N-dealkylation sites (N-methyl/N-ethyl adjacent to an activating group) is 1. The predicted molar refractivity (Wildman–Crippen MR) is 62.1 cm³/mol. The molecule has 0 N–H and O–H groups in total. The van der Waals surface area contributed by atoms with Crippen LogP contribution in [0.5, 0.6) is 0 Å². The molecule has 2 heterocycles. The average Bonchev–Trinajstić information content (AvgIpc) is 2.50. The van der Waals surface area contributed by atoms with E-state index in [1.54, 1.807) is 0 Å². The number of nitrogens with zero attached hydrogens (tertiary/aromatic N) is 2. The summed E-state index contributed by atoms with van der Waals surface area (Å²) in [5, 5.41) is 0. The standard InChI is InChI=1S/C12H24N2O/c1-10-7-14(8-11(2)15-10)9-12-5-4-6-13(12)3/h10-12H,4-9H2,1-3H3. The molecule has 88 valence electrons. The second kappa shape index (κ2) is 4.81. The lowest BCUT2D eigenvalue weighted by molar-refractivity contribution is -0.0717. The summed E-state index contributed by atoms with van der Waals surface area (Å²) in [5.74, 6) is 0. The van der Waals surface area contributed by atoms with E-state index in [-0.39, 0.29) is 0 Å². The van der Waals surface area contributed by atoms with Gasteiger partial charge in [0, 0.05) is 25.7 Å². The first-order valence-corrected chi connectivity index (χ1v) is 6.23. The molecular weight excluding hydrogens is 188 g/mol. The van der Waals surface area contributed by atoms with Gasteiger partial charge in [0.15, 0.2) is 0 Å². The van der Waals surface area contributed by atoms with Crippen molar-refractivity contribution in [3.8, 4) is 0 Å². The molecule has 0 radical (unpaired) electrons. The third-order valence-corrected chi connectivity index (χ3v) is 3.64. The van der Waals surface area contributed by atoms with Crippen LogP contribution < -0.4 is 0 Å². The third kappa shape index (κ3) is 2.92. The maximum Gasteiger partial charge on any atom is 0.0678 e. The fourth-order valence-electron chi connectivity index (χ4n) is 2.94. The first-order chi connectivity index (χ1) is 7.15. The van der Waals surface area contributed by atoms with E-state index in [0.29, 0.717) is 12.2 Å².